The number of carbonyl (C=O) groups is 2. The second-order valence-corrected chi connectivity index (χ2v) is 12.8. The van der Waals surface area contributed by atoms with Crippen LogP contribution in [0.25, 0.3) is 11.8 Å². The van der Waals surface area contributed by atoms with Crippen LogP contribution < -0.4 is 0 Å². The molecule has 0 bridgehead atoms. The van der Waals surface area contributed by atoms with E-state index in [4.69, 9.17) is 0 Å². The van der Waals surface area contributed by atoms with Gasteiger partial charge in [-0.05, 0) is 77.9 Å². The molecule has 52 heavy (non-hydrogen) atoms. The molecular formula is C38H28F6O8. The van der Waals surface area contributed by atoms with Crippen molar-refractivity contribution in [2.45, 2.75) is 38.7 Å². The lowest BCUT2D eigenvalue weighted by Crippen LogP contribution is -2.29. The maximum absolute atomic E-state index is 13.6. The van der Waals surface area contributed by atoms with Crippen molar-refractivity contribution in [1.82, 2.24) is 0 Å². The van der Waals surface area contributed by atoms with Crippen LogP contribution in [-0.4, -0.2) is 42.2 Å². The molecule has 14 heteroatoms. The van der Waals surface area contributed by atoms with Crippen molar-refractivity contribution in [3.8, 4) is 23.0 Å². The Kier molecular flexibility index (Phi) is 8.65. The van der Waals surface area contributed by atoms with Gasteiger partial charge in [-0.3, -0.25) is 9.59 Å². The number of aromatic hydroxyl groups is 4. The van der Waals surface area contributed by atoms with Crippen LogP contribution in [0.15, 0.2) is 71.8 Å². The van der Waals surface area contributed by atoms with Gasteiger partial charge in [-0.15, -0.1) is 0 Å². The van der Waals surface area contributed by atoms with Crippen LogP contribution in [0, 0.1) is 11.8 Å². The van der Waals surface area contributed by atoms with Crippen LogP contribution in [0.5, 0.6) is 23.0 Å². The molecule has 8 nitrogen and oxygen atoms in total. The molecule has 0 aromatic heterocycles. The van der Waals surface area contributed by atoms with Gasteiger partial charge in [0.25, 0.3) is 0 Å². The molecule has 0 amide bonds. The zero-order valence-electron chi connectivity index (χ0n) is 27.1. The lowest BCUT2D eigenvalue weighted by molar-refractivity contribution is -0.138. The van der Waals surface area contributed by atoms with Gasteiger partial charge in [0.15, 0.2) is 34.6 Å². The standard InChI is InChI=1S/C38H28F6O8/c1-15-11-21-23(13-25(45)35(51)29(21)31(47)17-3-7-19(8-4-17)37(39,40)41)33(49)27(15)28-16(2)12-22-24(34(28)50)14-26(46)36(52)30(22)32(48)18-5-9-20(10-6-18)38(42,43)44/h3-11,13-14,16,27,33,45-46,49-52H,12H2,1-2H3. The highest BCUT2D eigenvalue weighted by Crippen LogP contribution is 2.52. The van der Waals surface area contributed by atoms with Crippen LogP contribution in [0.3, 0.4) is 0 Å². The number of carbonyl (C=O) groups excluding carboxylic acids is 2. The van der Waals surface area contributed by atoms with Crippen LogP contribution in [0.1, 0.15) is 85.2 Å². The molecular weight excluding hydrogens is 698 g/mol. The summed E-state index contributed by atoms with van der Waals surface area (Å²) in [5, 5.41) is 66.3. The van der Waals surface area contributed by atoms with Gasteiger partial charge < -0.3 is 30.6 Å². The number of fused-ring (bicyclic) bond motifs is 2. The summed E-state index contributed by atoms with van der Waals surface area (Å²) >= 11 is 0. The predicted octanol–water partition coefficient (Wildman–Crippen LogP) is 8.24. The van der Waals surface area contributed by atoms with E-state index < -0.39 is 92.9 Å². The van der Waals surface area contributed by atoms with Crippen molar-refractivity contribution in [2.24, 2.45) is 11.8 Å². The normalized spacial score (nSPS) is 18.8. The first-order valence-corrected chi connectivity index (χ1v) is 15.6. The van der Waals surface area contributed by atoms with E-state index in [1.54, 1.807) is 13.8 Å². The van der Waals surface area contributed by atoms with Crippen molar-refractivity contribution in [2.75, 3.05) is 0 Å². The molecule has 0 saturated carbocycles. The van der Waals surface area contributed by atoms with E-state index in [2.05, 4.69) is 0 Å². The number of hydrogen-bond donors (Lipinski definition) is 6. The first kappa shape index (κ1) is 36.0. The first-order valence-electron chi connectivity index (χ1n) is 15.6. The molecule has 0 saturated heterocycles. The van der Waals surface area contributed by atoms with Crippen molar-refractivity contribution >= 4 is 23.4 Å². The average Bonchev–Trinajstić information content (AvgIpc) is 3.07. The third kappa shape index (κ3) is 5.92. The minimum atomic E-state index is -4.67. The van der Waals surface area contributed by atoms with E-state index >= 15 is 0 Å². The van der Waals surface area contributed by atoms with Crippen LogP contribution in [0.4, 0.5) is 26.3 Å². The fraction of sp³-hybridized carbons (Fsp3) is 0.211. The summed E-state index contributed by atoms with van der Waals surface area (Å²) in [7, 11) is 0. The first-order chi connectivity index (χ1) is 24.2. The number of ketones is 2. The highest BCUT2D eigenvalue weighted by atomic mass is 19.4. The maximum atomic E-state index is 13.6. The van der Waals surface area contributed by atoms with Gasteiger partial charge in [-0.1, -0.05) is 42.8 Å². The van der Waals surface area contributed by atoms with Gasteiger partial charge in [0, 0.05) is 22.6 Å². The number of phenolic OH excluding ortho intramolecular Hbond substituents is 4. The van der Waals surface area contributed by atoms with E-state index in [9.17, 15) is 66.6 Å². The Morgan fingerprint density at radius 3 is 1.67 bits per heavy atom. The third-order valence-electron chi connectivity index (χ3n) is 9.54. The molecule has 0 fully saturated rings. The van der Waals surface area contributed by atoms with Crippen molar-refractivity contribution in [3.63, 3.8) is 0 Å². The number of halogens is 6. The number of alkyl halides is 6. The van der Waals surface area contributed by atoms with E-state index in [0.29, 0.717) is 29.8 Å². The molecule has 270 valence electrons. The topological polar surface area (TPSA) is 156 Å². The highest BCUT2D eigenvalue weighted by molar-refractivity contribution is 6.14. The van der Waals surface area contributed by atoms with E-state index in [-0.39, 0.29) is 45.4 Å². The van der Waals surface area contributed by atoms with Gasteiger partial charge in [-0.2, -0.15) is 26.3 Å². The second-order valence-electron chi connectivity index (χ2n) is 12.8. The Balaban J connectivity index is 1.44. The van der Waals surface area contributed by atoms with Crippen LogP contribution in [-0.2, 0) is 18.8 Å². The maximum Gasteiger partial charge on any atom is 0.416 e. The van der Waals surface area contributed by atoms with Gasteiger partial charge in [-0.25, -0.2) is 0 Å². The zero-order chi connectivity index (χ0) is 38.2. The summed E-state index contributed by atoms with van der Waals surface area (Å²) < 4.78 is 78.7. The molecule has 0 spiro atoms. The zero-order valence-corrected chi connectivity index (χ0v) is 27.1. The predicted molar refractivity (Wildman–Crippen MR) is 174 cm³/mol. The molecule has 0 aliphatic heterocycles. The number of aliphatic hydroxyl groups is 2. The van der Waals surface area contributed by atoms with Crippen LogP contribution in [0.2, 0.25) is 0 Å². The summed E-state index contributed by atoms with van der Waals surface area (Å²) in [4.78, 5) is 27.1. The molecule has 0 radical (unpaired) electrons. The molecule has 3 atom stereocenters. The van der Waals surface area contributed by atoms with E-state index in [1.165, 1.54) is 6.08 Å². The van der Waals surface area contributed by atoms with Crippen molar-refractivity contribution in [3.05, 3.63) is 127 Å². The molecule has 2 aliphatic carbocycles. The summed E-state index contributed by atoms with van der Waals surface area (Å²) in [6.07, 6.45) is -9.58. The Morgan fingerprint density at radius 1 is 0.712 bits per heavy atom. The second kappa shape index (κ2) is 12.5. The number of benzene rings is 4. The molecule has 4 aromatic rings. The van der Waals surface area contributed by atoms with Gasteiger partial charge in [0.2, 0.25) is 0 Å². The van der Waals surface area contributed by atoms with Gasteiger partial charge in [0.1, 0.15) is 5.76 Å². The summed E-state index contributed by atoms with van der Waals surface area (Å²) in [6.45, 7) is 3.18. The number of phenols is 4. The SMILES string of the molecule is CC1=Cc2c(cc(O)c(O)c2C(=O)c2ccc(C(F)(F)F)cc2)C(O)C1C1=C(O)c2cc(O)c(O)c(C(=O)c3ccc(C(F)(F)F)cc3)c2CC1C. The van der Waals surface area contributed by atoms with Gasteiger partial charge in [0.05, 0.1) is 28.4 Å². The van der Waals surface area contributed by atoms with Crippen LogP contribution >= 0.6 is 0 Å². The average molecular weight is 727 g/mol. The smallest absolute Gasteiger partial charge is 0.416 e. The van der Waals surface area contributed by atoms with Crippen molar-refractivity contribution < 1.29 is 66.6 Å². The fourth-order valence-corrected chi connectivity index (χ4v) is 7.02. The number of hydrogen-bond acceptors (Lipinski definition) is 8. The molecule has 2 aliphatic rings. The molecule has 6 N–H and O–H groups in total. The highest BCUT2D eigenvalue weighted by Gasteiger charge is 2.42. The van der Waals surface area contributed by atoms with E-state index in [1.807, 2.05) is 0 Å². The largest absolute Gasteiger partial charge is 0.507 e. The summed E-state index contributed by atoms with van der Waals surface area (Å²) in [5.74, 6) is -7.47. The Morgan fingerprint density at radius 2 is 1.17 bits per heavy atom. The lowest BCUT2D eigenvalue weighted by Gasteiger charge is -2.38. The molecule has 4 aromatic carbocycles. The monoisotopic (exact) mass is 726 g/mol. The fourth-order valence-electron chi connectivity index (χ4n) is 7.02. The van der Waals surface area contributed by atoms with Gasteiger partial charge >= 0.3 is 12.4 Å². The quantitative estimate of drug-likeness (QED) is 0.0683. The molecule has 6 rings (SSSR count). The lowest BCUT2D eigenvalue weighted by atomic mass is 9.68. The Bertz CT molecular complexity index is 2210. The third-order valence-corrected chi connectivity index (χ3v) is 9.54. The Labute approximate surface area is 290 Å². The molecule has 0 heterocycles. The minimum absolute atomic E-state index is 0.0302. The van der Waals surface area contributed by atoms with E-state index in [0.717, 1.165) is 36.4 Å². The summed E-state index contributed by atoms with van der Waals surface area (Å²) in [5.41, 5.74) is -3.03. The number of aliphatic hydroxyl groups excluding tert-OH is 2. The minimum Gasteiger partial charge on any atom is -0.507 e. The Hall–Kier alpha value is -5.76. The number of rotatable bonds is 5. The summed E-state index contributed by atoms with van der Waals surface area (Å²) in [6, 6.07) is 8.42. The molecule has 3 unspecified atom stereocenters. The van der Waals surface area contributed by atoms with Crippen molar-refractivity contribution in [1.29, 1.82) is 0 Å².